The summed E-state index contributed by atoms with van der Waals surface area (Å²) < 4.78 is 3.15. The van der Waals surface area contributed by atoms with Crippen molar-refractivity contribution in [2.24, 2.45) is 0 Å². The number of rotatable bonds is 6. The molecule has 0 radical (unpaired) electrons. The zero-order chi connectivity index (χ0) is 20.9. The first-order chi connectivity index (χ1) is 14.6. The zero-order valence-electron chi connectivity index (χ0n) is 16.5. The molecule has 0 saturated carbocycles. The molecule has 0 aliphatic carbocycles. The molecule has 0 bridgehead atoms. The Labute approximate surface area is 183 Å². The van der Waals surface area contributed by atoms with Crippen molar-refractivity contribution in [2.45, 2.75) is 32.2 Å². The molecule has 3 aromatic rings. The van der Waals surface area contributed by atoms with Crippen LogP contribution in [0.3, 0.4) is 0 Å². The van der Waals surface area contributed by atoms with Crippen LogP contribution in [-0.2, 0) is 17.8 Å². The number of carbonyl (C=O) groups is 2. The molecular formula is C23H23BrN4O2. The summed E-state index contributed by atoms with van der Waals surface area (Å²) in [6, 6.07) is 14.8. The highest BCUT2D eigenvalue weighted by Gasteiger charge is 2.13. The second-order valence-electron chi connectivity index (χ2n) is 7.33. The number of hydrogen-bond acceptors (Lipinski definition) is 3. The lowest BCUT2D eigenvalue weighted by Crippen LogP contribution is -2.27. The first-order valence-corrected chi connectivity index (χ1v) is 10.9. The van der Waals surface area contributed by atoms with Crippen LogP contribution in [0, 0.1) is 0 Å². The van der Waals surface area contributed by atoms with Crippen molar-refractivity contribution >= 4 is 33.4 Å². The van der Waals surface area contributed by atoms with Crippen molar-refractivity contribution < 1.29 is 9.59 Å². The van der Waals surface area contributed by atoms with Gasteiger partial charge in [0.25, 0.3) is 5.91 Å². The summed E-state index contributed by atoms with van der Waals surface area (Å²) in [7, 11) is 0. The molecule has 4 rings (SSSR count). The van der Waals surface area contributed by atoms with Gasteiger partial charge in [-0.25, -0.2) is 4.98 Å². The number of benzene rings is 2. The Hall–Kier alpha value is -2.93. The third kappa shape index (κ3) is 4.97. The molecule has 2 N–H and O–H groups in total. The number of nitrogens with zero attached hydrogens (tertiary/aromatic N) is 2. The maximum Gasteiger partial charge on any atom is 0.251 e. The van der Waals surface area contributed by atoms with Gasteiger partial charge in [0, 0.05) is 53.4 Å². The highest BCUT2D eigenvalue weighted by atomic mass is 79.9. The van der Waals surface area contributed by atoms with Crippen LogP contribution < -0.4 is 10.6 Å². The van der Waals surface area contributed by atoms with Gasteiger partial charge in [-0.3, -0.25) is 9.59 Å². The van der Waals surface area contributed by atoms with Gasteiger partial charge >= 0.3 is 0 Å². The minimum absolute atomic E-state index is 0.142. The smallest absolute Gasteiger partial charge is 0.251 e. The molecule has 2 heterocycles. The van der Waals surface area contributed by atoms with Crippen molar-refractivity contribution in [3.8, 4) is 11.3 Å². The maximum absolute atomic E-state index is 12.2. The molecule has 0 atom stereocenters. The largest absolute Gasteiger partial charge is 0.352 e. The third-order valence-corrected chi connectivity index (χ3v) is 5.65. The highest BCUT2D eigenvalue weighted by molar-refractivity contribution is 9.10. The van der Waals surface area contributed by atoms with Crippen LogP contribution in [0.25, 0.3) is 11.3 Å². The fraction of sp³-hybridized carbons (Fsp3) is 0.261. The topological polar surface area (TPSA) is 76.0 Å². The number of anilines is 1. The molecule has 0 saturated heterocycles. The molecule has 0 fully saturated rings. The van der Waals surface area contributed by atoms with Crippen LogP contribution in [-0.4, -0.2) is 27.9 Å². The molecule has 1 aliphatic heterocycles. The first-order valence-electron chi connectivity index (χ1n) is 10.1. The fourth-order valence-corrected chi connectivity index (χ4v) is 3.76. The summed E-state index contributed by atoms with van der Waals surface area (Å²) in [5, 5.41) is 5.63. The lowest BCUT2D eigenvalue weighted by molar-refractivity contribution is -0.116. The molecule has 1 aliphatic rings. The van der Waals surface area contributed by atoms with E-state index in [1.54, 1.807) is 12.1 Å². The standard InChI is InChI=1S/C23H23BrN4O2/c24-18-8-4-17(5-9-18)23(30)25-13-12-22(29)26-19-10-6-16(7-11-19)20-15-28-14-2-1-3-21(28)27-20/h4-11,15H,1-3,12-14H2,(H,25,30)(H,26,29). The number of hydrogen-bond donors (Lipinski definition) is 2. The second kappa shape index (κ2) is 9.26. The van der Waals surface area contributed by atoms with Crippen LogP contribution in [0.5, 0.6) is 0 Å². The van der Waals surface area contributed by atoms with Crippen molar-refractivity contribution in [3.05, 3.63) is 70.6 Å². The molecule has 30 heavy (non-hydrogen) atoms. The van der Waals surface area contributed by atoms with Gasteiger partial charge < -0.3 is 15.2 Å². The van der Waals surface area contributed by atoms with Gasteiger partial charge in [0.1, 0.15) is 5.82 Å². The number of aromatic nitrogens is 2. The summed E-state index contributed by atoms with van der Waals surface area (Å²) in [6.45, 7) is 1.31. The molecule has 7 heteroatoms. The molecule has 2 amide bonds. The summed E-state index contributed by atoms with van der Waals surface area (Å²) in [5.74, 6) is 0.817. The van der Waals surface area contributed by atoms with Crippen LogP contribution in [0.2, 0.25) is 0 Å². The lowest BCUT2D eigenvalue weighted by Gasteiger charge is -2.11. The molecule has 0 unspecified atom stereocenters. The molecule has 6 nitrogen and oxygen atoms in total. The van der Waals surface area contributed by atoms with Gasteiger partial charge in [-0.05, 0) is 49.2 Å². The van der Waals surface area contributed by atoms with E-state index in [1.165, 1.54) is 12.8 Å². The highest BCUT2D eigenvalue weighted by Crippen LogP contribution is 2.24. The summed E-state index contributed by atoms with van der Waals surface area (Å²) in [5.41, 5.74) is 3.30. The molecule has 0 spiro atoms. The normalized spacial score (nSPS) is 12.8. The SMILES string of the molecule is O=C(CCNC(=O)c1ccc(Br)cc1)Nc1ccc(-c2cn3c(n2)CCCC3)cc1. The number of carbonyl (C=O) groups excluding carboxylic acids is 2. The average molecular weight is 467 g/mol. The van der Waals surface area contributed by atoms with E-state index in [9.17, 15) is 9.59 Å². The molecule has 1 aromatic heterocycles. The quantitative estimate of drug-likeness (QED) is 0.564. The summed E-state index contributed by atoms with van der Waals surface area (Å²) >= 11 is 3.34. The van der Waals surface area contributed by atoms with Crippen molar-refractivity contribution in [3.63, 3.8) is 0 Å². The lowest BCUT2D eigenvalue weighted by atomic mass is 10.1. The van der Waals surface area contributed by atoms with Crippen LogP contribution >= 0.6 is 15.9 Å². The van der Waals surface area contributed by atoms with E-state index in [4.69, 9.17) is 4.98 Å². The molecule has 2 aromatic carbocycles. The minimum Gasteiger partial charge on any atom is -0.352 e. The van der Waals surface area contributed by atoms with Gasteiger partial charge in [-0.1, -0.05) is 28.1 Å². The van der Waals surface area contributed by atoms with Crippen LogP contribution in [0.15, 0.2) is 59.2 Å². The minimum atomic E-state index is -0.192. The Kier molecular flexibility index (Phi) is 6.28. The van der Waals surface area contributed by atoms with E-state index in [2.05, 4.69) is 37.3 Å². The van der Waals surface area contributed by atoms with E-state index in [-0.39, 0.29) is 24.8 Å². The van der Waals surface area contributed by atoms with E-state index < -0.39 is 0 Å². The Balaban J connectivity index is 1.27. The molecular weight excluding hydrogens is 444 g/mol. The van der Waals surface area contributed by atoms with Crippen molar-refractivity contribution in [1.82, 2.24) is 14.9 Å². The Bertz CT molecular complexity index is 1020. The number of halogens is 1. The van der Waals surface area contributed by atoms with Gasteiger partial charge in [0.2, 0.25) is 5.91 Å². The first kappa shape index (κ1) is 20.3. The second-order valence-corrected chi connectivity index (χ2v) is 8.25. The maximum atomic E-state index is 12.2. The fourth-order valence-electron chi connectivity index (χ4n) is 3.49. The third-order valence-electron chi connectivity index (χ3n) is 5.12. The van der Waals surface area contributed by atoms with Gasteiger partial charge in [-0.2, -0.15) is 0 Å². The zero-order valence-corrected chi connectivity index (χ0v) is 18.1. The summed E-state index contributed by atoms with van der Waals surface area (Å²) in [4.78, 5) is 29.0. The Morgan fingerprint density at radius 1 is 1.03 bits per heavy atom. The van der Waals surface area contributed by atoms with Gasteiger partial charge in [0.15, 0.2) is 0 Å². The monoisotopic (exact) mass is 466 g/mol. The van der Waals surface area contributed by atoms with E-state index in [0.29, 0.717) is 5.56 Å². The number of aryl methyl sites for hydroxylation is 2. The van der Waals surface area contributed by atoms with Crippen LogP contribution in [0.1, 0.15) is 35.4 Å². The van der Waals surface area contributed by atoms with E-state index in [0.717, 1.165) is 40.2 Å². The van der Waals surface area contributed by atoms with Crippen LogP contribution in [0.4, 0.5) is 5.69 Å². The number of fused-ring (bicyclic) bond motifs is 1. The summed E-state index contributed by atoms with van der Waals surface area (Å²) in [6.07, 6.45) is 5.75. The van der Waals surface area contributed by atoms with E-state index in [1.807, 2.05) is 36.4 Å². The van der Waals surface area contributed by atoms with Gasteiger partial charge in [-0.15, -0.1) is 0 Å². The predicted molar refractivity (Wildman–Crippen MR) is 120 cm³/mol. The number of amides is 2. The van der Waals surface area contributed by atoms with E-state index >= 15 is 0 Å². The Morgan fingerprint density at radius 2 is 1.80 bits per heavy atom. The number of nitrogens with one attached hydrogen (secondary N) is 2. The Morgan fingerprint density at radius 3 is 2.53 bits per heavy atom. The molecule has 154 valence electrons. The predicted octanol–water partition coefficient (Wildman–Crippen LogP) is 4.41. The van der Waals surface area contributed by atoms with Crippen molar-refractivity contribution in [2.75, 3.05) is 11.9 Å². The van der Waals surface area contributed by atoms with Crippen molar-refractivity contribution in [1.29, 1.82) is 0 Å². The number of imidazole rings is 1. The van der Waals surface area contributed by atoms with Gasteiger partial charge in [0.05, 0.1) is 5.69 Å². The average Bonchev–Trinajstić information content (AvgIpc) is 3.19.